The molecule has 0 amide bonds. The Morgan fingerprint density at radius 2 is 1.56 bits per heavy atom. The first-order chi connectivity index (χ1) is 11.8. The van der Waals surface area contributed by atoms with Gasteiger partial charge in [0.15, 0.2) is 5.92 Å². The molecular formula is C14H13NO10. The van der Waals surface area contributed by atoms with Gasteiger partial charge >= 0.3 is 24.2 Å². The van der Waals surface area contributed by atoms with Crippen LogP contribution < -0.4 is 0 Å². The van der Waals surface area contributed by atoms with Gasteiger partial charge in [-0.3, -0.25) is 9.59 Å². The Bertz CT molecular complexity index is 669. The van der Waals surface area contributed by atoms with Crippen LogP contribution in [-0.4, -0.2) is 45.6 Å². The Morgan fingerprint density at radius 1 is 0.960 bits per heavy atom. The molecule has 11 heteroatoms. The van der Waals surface area contributed by atoms with Crippen LogP contribution in [0.2, 0.25) is 0 Å². The Kier molecular flexibility index (Phi) is 7.38. The molecule has 0 aliphatic rings. The van der Waals surface area contributed by atoms with Gasteiger partial charge in [-0.1, -0.05) is 35.5 Å². The number of rotatable bonds is 6. The van der Waals surface area contributed by atoms with Gasteiger partial charge < -0.3 is 29.6 Å². The molecule has 0 heterocycles. The SMILES string of the molecule is O=C(O)OC(=O)C(C/C(=N\O)OC(=O)O)C(=O)OCc1ccccc1. The lowest BCUT2D eigenvalue weighted by atomic mass is 10.1. The van der Waals surface area contributed by atoms with Crippen LogP contribution >= 0.6 is 0 Å². The van der Waals surface area contributed by atoms with Gasteiger partial charge in [0.2, 0.25) is 5.90 Å². The number of carbonyl (C=O) groups is 4. The Hall–Kier alpha value is -3.63. The third-order valence-electron chi connectivity index (χ3n) is 2.68. The molecule has 0 spiro atoms. The molecule has 0 aromatic heterocycles. The molecule has 0 fully saturated rings. The summed E-state index contributed by atoms with van der Waals surface area (Å²) in [5, 5.41) is 28.1. The van der Waals surface area contributed by atoms with E-state index < -0.39 is 42.5 Å². The third-order valence-corrected chi connectivity index (χ3v) is 2.68. The van der Waals surface area contributed by atoms with Crippen molar-refractivity contribution in [1.82, 2.24) is 0 Å². The molecule has 3 N–H and O–H groups in total. The van der Waals surface area contributed by atoms with Crippen LogP contribution in [0.3, 0.4) is 0 Å². The third kappa shape index (κ3) is 6.99. The van der Waals surface area contributed by atoms with Crippen LogP contribution in [0, 0.1) is 5.92 Å². The van der Waals surface area contributed by atoms with E-state index in [0.717, 1.165) is 0 Å². The number of carboxylic acid groups (broad SMARTS) is 2. The van der Waals surface area contributed by atoms with Crippen molar-refractivity contribution in [3.8, 4) is 0 Å². The molecule has 1 rings (SSSR count). The van der Waals surface area contributed by atoms with Crippen LogP contribution in [0.1, 0.15) is 12.0 Å². The van der Waals surface area contributed by atoms with E-state index in [1.807, 2.05) is 0 Å². The molecule has 1 aromatic rings. The number of ether oxygens (including phenoxy) is 3. The maximum Gasteiger partial charge on any atom is 0.513 e. The summed E-state index contributed by atoms with van der Waals surface area (Å²) in [6, 6.07) is 8.34. The van der Waals surface area contributed by atoms with Gasteiger partial charge in [0.05, 0.1) is 6.42 Å². The highest BCUT2D eigenvalue weighted by Crippen LogP contribution is 2.13. The number of nitrogens with zero attached hydrogens (tertiary/aromatic N) is 1. The number of hydrogen-bond donors (Lipinski definition) is 3. The largest absolute Gasteiger partial charge is 0.513 e. The minimum atomic E-state index is -1.98. The minimum absolute atomic E-state index is 0.234. The molecule has 0 radical (unpaired) electrons. The molecule has 25 heavy (non-hydrogen) atoms. The number of oxime groups is 1. The predicted octanol–water partition coefficient (Wildman–Crippen LogP) is 1.44. The van der Waals surface area contributed by atoms with Crippen LogP contribution in [0.25, 0.3) is 0 Å². The molecular weight excluding hydrogens is 342 g/mol. The lowest BCUT2D eigenvalue weighted by Gasteiger charge is -2.13. The highest BCUT2D eigenvalue weighted by Gasteiger charge is 2.34. The fourth-order valence-corrected chi connectivity index (χ4v) is 1.63. The van der Waals surface area contributed by atoms with E-state index in [2.05, 4.69) is 14.6 Å². The molecule has 1 atom stereocenters. The Morgan fingerprint density at radius 3 is 2.08 bits per heavy atom. The van der Waals surface area contributed by atoms with Crippen LogP contribution in [0.5, 0.6) is 0 Å². The van der Waals surface area contributed by atoms with Crippen molar-refractivity contribution in [2.24, 2.45) is 11.1 Å². The molecule has 0 bridgehead atoms. The van der Waals surface area contributed by atoms with E-state index >= 15 is 0 Å². The standard InChI is InChI=1S/C14H13NO10/c16-11(23-7-8-4-2-1-3-5-8)9(12(17)25-14(20)21)6-10(15-22)24-13(18)19/h1-5,9,22H,6-7H2,(H,18,19)(H,20,21)/b15-10+. The average molecular weight is 355 g/mol. The summed E-state index contributed by atoms with van der Waals surface area (Å²) >= 11 is 0. The molecule has 0 aliphatic carbocycles. The highest BCUT2D eigenvalue weighted by molar-refractivity contribution is 6.02. The van der Waals surface area contributed by atoms with Crippen molar-refractivity contribution >= 4 is 30.1 Å². The van der Waals surface area contributed by atoms with Crippen molar-refractivity contribution in [2.75, 3.05) is 0 Å². The van der Waals surface area contributed by atoms with Gasteiger partial charge in [0.1, 0.15) is 6.61 Å². The van der Waals surface area contributed by atoms with Gasteiger partial charge in [-0.25, -0.2) is 9.59 Å². The van der Waals surface area contributed by atoms with E-state index in [1.165, 1.54) is 0 Å². The van der Waals surface area contributed by atoms with E-state index in [9.17, 15) is 19.2 Å². The first-order valence-electron chi connectivity index (χ1n) is 6.60. The fourth-order valence-electron chi connectivity index (χ4n) is 1.63. The molecule has 1 unspecified atom stereocenters. The lowest BCUT2D eigenvalue weighted by molar-refractivity contribution is -0.160. The van der Waals surface area contributed by atoms with E-state index in [4.69, 9.17) is 20.2 Å². The summed E-state index contributed by atoms with van der Waals surface area (Å²) in [5.41, 5.74) is 0.582. The number of benzene rings is 1. The second kappa shape index (κ2) is 9.50. The maximum atomic E-state index is 12.0. The fraction of sp³-hybridized carbons (Fsp3) is 0.214. The lowest BCUT2D eigenvalue weighted by Crippen LogP contribution is -2.32. The summed E-state index contributed by atoms with van der Waals surface area (Å²) in [7, 11) is 0. The maximum absolute atomic E-state index is 12.0. The summed E-state index contributed by atoms with van der Waals surface area (Å²) in [5.74, 6) is -5.59. The Labute approximate surface area is 140 Å². The van der Waals surface area contributed by atoms with Gasteiger partial charge in [0, 0.05) is 0 Å². The summed E-state index contributed by atoms with van der Waals surface area (Å²) < 4.78 is 12.8. The number of hydrogen-bond acceptors (Lipinski definition) is 9. The monoisotopic (exact) mass is 355 g/mol. The number of carbonyl (C=O) groups excluding carboxylic acids is 2. The van der Waals surface area contributed by atoms with E-state index in [1.54, 1.807) is 30.3 Å². The normalized spacial score (nSPS) is 11.9. The zero-order valence-corrected chi connectivity index (χ0v) is 12.5. The smallest absolute Gasteiger partial charge is 0.460 e. The van der Waals surface area contributed by atoms with Crippen molar-refractivity contribution in [3.63, 3.8) is 0 Å². The Balaban J connectivity index is 2.84. The van der Waals surface area contributed by atoms with E-state index in [0.29, 0.717) is 5.56 Å². The quantitative estimate of drug-likeness (QED) is 0.129. The zero-order chi connectivity index (χ0) is 18.8. The van der Waals surface area contributed by atoms with Crippen molar-refractivity contribution in [3.05, 3.63) is 35.9 Å². The van der Waals surface area contributed by atoms with Crippen LogP contribution in [0.15, 0.2) is 35.5 Å². The van der Waals surface area contributed by atoms with Crippen LogP contribution in [-0.2, 0) is 30.4 Å². The van der Waals surface area contributed by atoms with Crippen molar-refractivity contribution in [1.29, 1.82) is 0 Å². The second-order valence-corrected chi connectivity index (χ2v) is 4.40. The van der Waals surface area contributed by atoms with Gasteiger partial charge in [0.25, 0.3) is 0 Å². The van der Waals surface area contributed by atoms with Crippen molar-refractivity contribution < 1.29 is 48.8 Å². The summed E-state index contributed by atoms with van der Waals surface area (Å²) in [6.45, 7) is -0.234. The average Bonchev–Trinajstić information content (AvgIpc) is 2.56. The van der Waals surface area contributed by atoms with Gasteiger partial charge in [-0.15, -0.1) is 0 Å². The molecule has 11 nitrogen and oxygen atoms in total. The minimum Gasteiger partial charge on any atom is -0.460 e. The van der Waals surface area contributed by atoms with Crippen LogP contribution in [0.4, 0.5) is 9.59 Å². The first-order valence-corrected chi connectivity index (χ1v) is 6.60. The zero-order valence-electron chi connectivity index (χ0n) is 12.5. The van der Waals surface area contributed by atoms with Crippen molar-refractivity contribution in [2.45, 2.75) is 13.0 Å². The topological polar surface area (TPSA) is 169 Å². The second-order valence-electron chi connectivity index (χ2n) is 4.40. The summed E-state index contributed by atoms with van der Waals surface area (Å²) in [6.07, 6.45) is -4.73. The van der Waals surface area contributed by atoms with Gasteiger partial charge in [-0.2, -0.15) is 0 Å². The number of esters is 2. The molecule has 0 saturated heterocycles. The molecule has 0 aliphatic heterocycles. The summed E-state index contributed by atoms with van der Waals surface area (Å²) in [4.78, 5) is 44.6. The predicted molar refractivity (Wildman–Crippen MR) is 76.8 cm³/mol. The molecule has 1 aromatic carbocycles. The molecule has 0 saturated carbocycles. The molecule has 134 valence electrons. The first kappa shape index (κ1) is 19.4. The van der Waals surface area contributed by atoms with Gasteiger partial charge in [-0.05, 0) is 5.56 Å². The highest BCUT2D eigenvalue weighted by atomic mass is 16.7. The van der Waals surface area contributed by atoms with E-state index in [-0.39, 0.29) is 6.61 Å².